The van der Waals surface area contributed by atoms with Crippen LogP contribution in [0.3, 0.4) is 0 Å². The van der Waals surface area contributed by atoms with Gasteiger partial charge in [-0.3, -0.25) is 0 Å². The van der Waals surface area contributed by atoms with Crippen LogP contribution < -0.4 is 0 Å². The van der Waals surface area contributed by atoms with E-state index in [2.05, 4.69) is 196 Å². The molecule has 3 heterocycles. The molecule has 3 aromatic heterocycles. The van der Waals surface area contributed by atoms with Gasteiger partial charge in [-0.2, -0.15) is 0 Å². The number of hydrogen-bond donors (Lipinski definition) is 0. The maximum Gasteiger partial charge on any atom is 0.0632 e. The lowest BCUT2D eigenvalue weighted by Crippen LogP contribution is -2.22. The minimum absolute atomic E-state index is 0.0171. The zero-order valence-corrected chi connectivity index (χ0v) is 67.9. The summed E-state index contributed by atoms with van der Waals surface area (Å²) in [7, 11) is 0. The molecule has 0 aliphatic rings. The van der Waals surface area contributed by atoms with Gasteiger partial charge in [-0.1, -0.05) is 372 Å². The molecule has 0 saturated carbocycles. The zero-order chi connectivity index (χ0) is 95.5. The van der Waals surface area contributed by atoms with Gasteiger partial charge in [-0.15, -0.1) is 0 Å². The van der Waals surface area contributed by atoms with Crippen molar-refractivity contribution in [1.82, 2.24) is 13.7 Å². The van der Waals surface area contributed by atoms with Crippen molar-refractivity contribution in [2.75, 3.05) is 0 Å². The Morgan fingerprint density at radius 1 is 0.232 bits per heavy atom. The zero-order valence-electron chi connectivity index (χ0n) is 86.9. The number of nitrogens with zero attached hydrogens (tertiary/aromatic N) is 3. The minimum atomic E-state index is -0.577. The highest BCUT2D eigenvalue weighted by Crippen LogP contribution is 2.52. The number of para-hydroxylation sites is 3. The number of hydrogen-bond acceptors (Lipinski definition) is 0. The van der Waals surface area contributed by atoms with Gasteiger partial charge < -0.3 is 13.7 Å². The van der Waals surface area contributed by atoms with Crippen molar-refractivity contribution < 1.29 is 26.0 Å². The largest absolute Gasteiger partial charge is 0.309 e. The van der Waals surface area contributed by atoms with Crippen LogP contribution in [0.15, 0.2) is 315 Å². The van der Waals surface area contributed by atoms with E-state index in [0.717, 1.165) is 99.3 Å². The van der Waals surface area contributed by atoms with E-state index in [1.807, 2.05) is 136 Å². The summed E-state index contributed by atoms with van der Waals surface area (Å²) in [5, 5.41) is 5.32. The molecule has 3 heteroatoms. The van der Waals surface area contributed by atoms with Crippen molar-refractivity contribution in [3.05, 3.63) is 354 Å². The van der Waals surface area contributed by atoms with Crippen molar-refractivity contribution in [1.29, 1.82) is 0 Å². The van der Waals surface area contributed by atoms with E-state index in [1.165, 1.54) is 22.3 Å². The second kappa shape index (κ2) is 29.3. The van der Waals surface area contributed by atoms with Gasteiger partial charge in [0.1, 0.15) is 0 Å². The van der Waals surface area contributed by atoms with Gasteiger partial charge in [-0.05, 0) is 201 Å². The highest BCUT2D eigenvalue weighted by atomic mass is 15.0. The van der Waals surface area contributed by atoms with Gasteiger partial charge >= 0.3 is 0 Å². The Morgan fingerprint density at radius 2 is 0.545 bits per heavy atom. The van der Waals surface area contributed by atoms with E-state index in [0.29, 0.717) is 33.2 Å². The van der Waals surface area contributed by atoms with Crippen LogP contribution in [0.5, 0.6) is 0 Å². The van der Waals surface area contributed by atoms with Crippen molar-refractivity contribution in [3.63, 3.8) is 0 Å². The standard InChI is InChI=1S/C42H45N.C35H31N.C32H33N/c1-40(2,3)30-25-29(26-31(27-30)41(4,5)6)34-23-24-36-38(39(34)42(7,8)9)37-33(28-17-12-10-13-18-28)21-16-22-35(37)43(36)32-19-14-11-15-20-32;1-24-13-11-16-26(23-24)29-21-22-31-33(34(29)35(2,3)4)32-28(25-14-7-5-8-15-25)19-12-20-30(32)36(31)27-17-9-6-10-18-27;1-31(2,3)25-20-21-27-29(30(25)32(4,5)6)28-24(22-14-9-7-10-15-22)18-13-19-26(28)33(27)23-16-11-8-12-17-23/h10-27H,1-9H3;5-23H,1-4H3;7-21H,1-6H3/i10D,12D,13D,17D,18D;5D,7D,8D,11D,13D,14D,15D,16D,23D;7D,9D,10D,14D,15D. The Morgan fingerprint density at radius 3 is 0.875 bits per heavy atom. The molecule has 0 radical (unpaired) electrons. The molecule has 3 nitrogen and oxygen atoms in total. The molecule has 0 unspecified atom stereocenters. The fraction of sp³-hybridized carbons (Fsp3) is 0.229. The Labute approximate surface area is 692 Å². The van der Waals surface area contributed by atoms with Gasteiger partial charge in [-0.25, -0.2) is 0 Å². The third kappa shape index (κ3) is 14.3. The summed E-state index contributed by atoms with van der Waals surface area (Å²) < 4.78 is 169. The predicted molar refractivity (Wildman–Crippen MR) is 486 cm³/mol. The second-order valence-corrected chi connectivity index (χ2v) is 35.6. The average Bonchev–Trinajstić information content (AvgIpc) is 1.52. The van der Waals surface area contributed by atoms with Crippen LogP contribution in [-0.4, -0.2) is 13.7 Å². The number of fused-ring (bicyclic) bond motifs is 9. The van der Waals surface area contributed by atoms with Crippen LogP contribution in [0.1, 0.15) is 190 Å². The Hall–Kier alpha value is -11.5. The molecule has 0 saturated heterocycles. The van der Waals surface area contributed by atoms with Crippen LogP contribution in [0.25, 0.3) is 138 Å². The molecule has 0 aliphatic heterocycles. The third-order valence-corrected chi connectivity index (χ3v) is 21.3. The molecular formula is C109H109N3. The Balaban J connectivity index is 0.000000151. The maximum atomic E-state index is 8.99. The van der Waals surface area contributed by atoms with Crippen molar-refractivity contribution in [3.8, 4) is 72.7 Å². The molecule has 17 rings (SSSR count). The van der Waals surface area contributed by atoms with Crippen LogP contribution in [0, 0.1) is 6.92 Å². The SMILES string of the molecule is [2H]c1c([2H])c([2H])c(-c2cccc3c2c2c(C(C)(C)C)c(-c4c([2H])c([2H])c([2H])c(C)c4[2H])ccc2n3-c2ccccc2)c([2H])c1[2H].[2H]c1c([2H])c([2H])c(-c2cccc3c2c2c(C(C)(C)C)c(-c4cc(C(C)(C)C)cc(C(C)(C)C)c4)ccc2n3-c2ccccc2)c([2H])c1[2H].[2H]c1c([2H])c([2H])c(-c2cccc3c2c2c(C(C)(C)C)c(C(C)(C)C)ccc2n3-c2ccccc2)c([2H])c1[2H]. The number of aromatic nitrogens is 3. The fourth-order valence-corrected chi connectivity index (χ4v) is 16.4. The monoisotopic (exact) mass is 1480 g/mol. The van der Waals surface area contributed by atoms with Crippen LogP contribution >= 0.6 is 0 Å². The van der Waals surface area contributed by atoms with Gasteiger partial charge in [0.25, 0.3) is 0 Å². The fourth-order valence-electron chi connectivity index (χ4n) is 16.4. The highest BCUT2D eigenvalue weighted by Gasteiger charge is 2.34. The molecule has 560 valence electrons. The predicted octanol–water partition coefficient (Wildman–Crippen LogP) is 30.8. The lowest BCUT2D eigenvalue weighted by atomic mass is 9.73. The lowest BCUT2D eigenvalue weighted by molar-refractivity contribution is 0.535. The summed E-state index contributed by atoms with van der Waals surface area (Å²) in [6.45, 7) is 41.3. The summed E-state index contributed by atoms with van der Waals surface area (Å²) in [6, 6.07) is 61.8. The lowest BCUT2D eigenvalue weighted by Gasteiger charge is -2.31. The van der Waals surface area contributed by atoms with Crippen LogP contribution in [0.2, 0.25) is 0 Å². The topological polar surface area (TPSA) is 14.8 Å². The maximum absolute atomic E-state index is 8.99. The molecule has 0 N–H and O–H groups in total. The minimum Gasteiger partial charge on any atom is -0.309 e. The molecule has 112 heavy (non-hydrogen) atoms. The molecule has 14 aromatic carbocycles. The van der Waals surface area contributed by atoms with Crippen molar-refractivity contribution in [2.24, 2.45) is 0 Å². The first-order chi connectivity index (χ1) is 61.2. The third-order valence-electron chi connectivity index (χ3n) is 21.3. The smallest absolute Gasteiger partial charge is 0.0632 e. The molecule has 0 atom stereocenters. The van der Waals surface area contributed by atoms with Crippen LogP contribution in [0.4, 0.5) is 0 Å². The number of rotatable bonds is 8. The Kier molecular flexibility index (Phi) is 14.6. The van der Waals surface area contributed by atoms with E-state index in [9.17, 15) is 0 Å². The first-order valence-electron chi connectivity index (χ1n) is 48.2. The van der Waals surface area contributed by atoms with E-state index in [-0.39, 0.29) is 140 Å². The van der Waals surface area contributed by atoms with Crippen molar-refractivity contribution in [2.45, 2.75) is 164 Å². The molecule has 0 fully saturated rings. The molecule has 0 amide bonds. The summed E-state index contributed by atoms with van der Waals surface area (Å²) in [5.74, 6) is 0. The molecule has 0 bridgehead atoms. The van der Waals surface area contributed by atoms with E-state index in [1.54, 1.807) is 13.0 Å². The first kappa shape index (κ1) is 55.8. The second-order valence-electron chi connectivity index (χ2n) is 35.6. The van der Waals surface area contributed by atoms with E-state index >= 15 is 0 Å². The highest BCUT2D eigenvalue weighted by molar-refractivity contribution is 6.21. The first-order valence-corrected chi connectivity index (χ1v) is 38.7. The number of benzene rings is 14. The van der Waals surface area contributed by atoms with Gasteiger partial charge in [0.05, 0.1) is 59.1 Å². The van der Waals surface area contributed by atoms with Crippen molar-refractivity contribution >= 4 is 65.4 Å². The van der Waals surface area contributed by atoms with Gasteiger partial charge in [0.2, 0.25) is 0 Å². The average molecular weight is 1480 g/mol. The Bertz CT molecular complexity index is 7400. The molecule has 17 aromatic rings. The summed E-state index contributed by atoms with van der Waals surface area (Å²) >= 11 is 0. The normalized spacial score (nSPS) is 14.8. The van der Waals surface area contributed by atoms with Gasteiger partial charge in [0.15, 0.2) is 0 Å². The summed E-state index contributed by atoms with van der Waals surface area (Å²) in [6.07, 6.45) is 0. The van der Waals surface area contributed by atoms with E-state index in [4.69, 9.17) is 26.0 Å². The van der Waals surface area contributed by atoms with E-state index < -0.39 is 29.6 Å². The molecular weight excluding hydrogens is 1350 g/mol. The summed E-state index contributed by atoms with van der Waals surface area (Å²) in [4.78, 5) is 0. The van der Waals surface area contributed by atoms with Gasteiger partial charge in [0, 0.05) is 49.4 Å². The molecule has 0 aliphatic carbocycles. The summed E-state index contributed by atoms with van der Waals surface area (Å²) in [5.41, 5.74) is 19.7. The molecule has 0 spiro atoms. The van der Waals surface area contributed by atoms with Crippen LogP contribution in [-0.2, 0) is 32.5 Å². The quantitative estimate of drug-likeness (QED) is 0.144.